The van der Waals surface area contributed by atoms with Crippen LogP contribution in [0.4, 0.5) is 0 Å². The van der Waals surface area contributed by atoms with E-state index in [0.29, 0.717) is 0 Å². The Balaban J connectivity index is 2.48. The fraction of sp³-hybridized carbons (Fsp3) is 0.286. The molecule has 1 heterocycles. The van der Waals surface area contributed by atoms with E-state index < -0.39 is 0 Å². The molecule has 1 aromatic heterocycles. The van der Waals surface area contributed by atoms with Crippen molar-refractivity contribution in [2.24, 2.45) is 0 Å². The first-order valence-corrected chi connectivity index (χ1v) is 6.66. The number of hydrogen-bond acceptors (Lipinski definition) is 1. The molecule has 2 heteroatoms. The van der Waals surface area contributed by atoms with Crippen LogP contribution in [0.25, 0.3) is 0 Å². The molecule has 0 aliphatic rings. The van der Waals surface area contributed by atoms with Gasteiger partial charge in [0.1, 0.15) is 0 Å². The molecule has 0 aliphatic heterocycles. The van der Waals surface area contributed by atoms with E-state index in [2.05, 4.69) is 44.4 Å². The van der Waals surface area contributed by atoms with Gasteiger partial charge in [0.05, 0.1) is 5.38 Å². The molecule has 0 radical (unpaired) electrons. The number of hydrogen-bond donors (Lipinski definition) is 0. The molecular weight excluding hydrogens is 236 g/mol. The summed E-state index contributed by atoms with van der Waals surface area (Å²) in [5.74, 6) is 0. The second kappa shape index (κ2) is 4.60. The van der Waals surface area contributed by atoms with E-state index in [0.717, 1.165) is 0 Å². The third-order valence-corrected chi connectivity index (χ3v) is 4.30. The van der Waals surface area contributed by atoms with Gasteiger partial charge in [0.25, 0.3) is 0 Å². The third kappa shape index (κ3) is 2.16. The molecule has 84 valence electrons. The summed E-state index contributed by atoms with van der Waals surface area (Å²) in [5, 5.41) is 2.06. The van der Waals surface area contributed by atoms with Crippen molar-refractivity contribution in [3.8, 4) is 0 Å². The predicted molar refractivity (Wildman–Crippen MR) is 72.7 cm³/mol. The van der Waals surface area contributed by atoms with Gasteiger partial charge in [-0.2, -0.15) is 0 Å². The van der Waals surface area contributed by atoms with Crippen LogP contribution in [0.2, 0.25) is 0 Å². The Kier molecular flexibility index (Phi) is 3.36. The maximum atomic E-state index is 6.55. The number of benzene rings is 1. The molecule has 0 bridgehead atoms. The van der Waals surface area contributed by atoms with Crippen molar-refractivity contribution in [3.63, 3.8) is 0 Å². The number of thiophene rings is 1. The third-order valence-electron chi connectivity index (χ3n) is 2.78. The van der Waals surface area contributed by atoms with Gasteiger partial charge in [-0.1, -0.05) is 23.8 Å². The lowest BCUT2D eigenvalue weighted by atomic mass is 9.96. The van der Waals surface area contributed by atoms with Crippen molar-refractivity contribution >= 4 is 22.9 Å². The monoisotopic (exact) mass is 250 g/mol. The minimum Gasteiger partial charge on any atom is -0.147 e. The first kappa shape index (κ1) is 11.7. The van der Waals surface area contributed by atoms with Gasteiger partial charge in [0.2, 0.25) is 0 Å². The first-order valence-electron chi connectivity index (χ1n) is 5.35. The molecule has 2 rings (SSSR count). The second-order valence-corrected chi connectivity index (χ2v) is 5.61. The van der Waals surface area contributed by atoms with Gasteiger partial charge >= 0.3 is 0 Å². The molecule has 1 aromatic carbocycles. The zero-order valence-electron chi connectivity index (χ0n) is 9.75. The Bertz CT molecular complexity index is 462. The molecule has 1 unspecified atom stereocenters. The van der Waals surface area contributed by atoms with Gasteiger partial charge in [0.15, 0.2) is 0 Å². The lowest BCUT2D eigenvalue weighted by Gasteiger charge is -2.15. The van der Waals surface area contributed by atoms with Gasteiger partial charge in [-0.25, -0.2) is 0 Å². The Morgan fingerprint density at radius 2 is 1.75 bits per heavy atom. The summed E-state index contributed by atoms with van der Waals surface area (Å²) >= 11 is 8.26. The van der Waals surface area contributed by atoms with Crippen LogP contribution >= 0.6 is 22.9 Å². The van der Waals surface area contributed by atoms with Crippen molar-refractivity contribution in [1.82, 2.24) is 0 Å². The van der Waals surface area contributed by atoms with E-state index in [9.17, 15) is 0 Å². The Labute approximate surface area is 106 Å². The normalized spacial score (nSPS) is 12.8. The van der Waals surface area contributed by atoms with E-state index in [4.69, 9.17) is 11.6 Å². The molecule has 0 saturated heterocycles. The topological polar surface area (TPSA) is 0 Å². The van der Waals surface area contributed by atoms with Crippen LogP contribution in [0.15, 0.2) is 29.6 Å². The van der Waals surface area contributed by atoms with Crippen molar-refractivity contribution < 1.29 is 0 Å². The quantitative estimate of drug-likeness (QED) is 0.658. The van der Waals surface area contributed by atoms with Gasteiger partial charge in [0, 0.05) is 4.88 Å². The predicted octanol–water partition coefficient (Wildman–Crippen LogP) is 5.00. The van der Waals surface area contributed by atoms with Gasteiger partial charge < -0.3 is 0 Å². The van der Waals surface area contributed by atoms with Crippen LogP contribution in [0.3, 0.4) is 0 Å². The number of alkyl halides is 1. The molecule has 16 heavy (non-hydrogen) atoms. The standard InChI is InChI=1S/C14H15ClS/c1-9-7-10(2)13(11(3)8-9)14(15)12-5-4-6-16-12/h4-8,14H,1-3H3. The lowest BCUT2D eigenvalue weighted by Crippen LogP contribution is -1.98. The highest BCUT2D eigenvalue weighted by Gasteiger charge is 2.16. The van der Waals surface area contributed by atoms with Gasteiger partial charge in [-0.05, 0) is 48.9 Å². The first-order chi connectivity index (χ1) is 7.59. The average Bonchev–Trinajstić information content (AvgIpc) is 2.67. The summed E-state index contributed by atoms with van der Waals surface area (Å²) in [6.07, 6.45) is 0. The van der Waals surface area contributed by atoms with Crippen LogP contribution in [0, 0.1) is 20.8 Å². The van der Waals surface area contributed by atoms with Crippen LogP contribution in [0.1, 0.15) is 32.5 Å². The highest BCUT2D eigenvalue weighted by atomic mass is 35.5. The molecule has 0 saturated carbocycles. The maximum absolute atomic E-state index is 6.55. The molecule has 1 atom stereocenters. The van der Waals surface area contributed by atoms with Crippen LogP contribution < -0.4 is 0 Å². The van der Waals surface area contributed by atoms with Crippen molar-refractivity contribution in [1.29, 1.82) is 0 Å². The van der Waals surface area contributed by atoms with Crippen LogP contribution in [-0.4, -0.2) is 0 Å². The smallest absolute Gasteiger partial charge is 0.0932 e. The molecule has 0 N–H and O–H groups in total. The minimum atomic E-state index is -0.0133. The number of halogens is 1. The van der Waals surface area contributed by atoms with E-state index in [1.807, 2.05) is 6.07 Å². The highest BCUT2D eigenvalue weighted by Crippen LogP contribution is 2.35. The highest BCUT2D eigenvalue weighted by molar-refractivity contribution is 7.10. The Morgan fingerprint density at radius 3 is 2.25 bits per heavy atom. The summed E-state index contributed by atoms with van der Waals surface area (Å²) in [7, 11) is 0. The van der Waals surface area contributed by atoms with Crippen LogP contribution in [0.5, 0.6) is 0 Å². The van der Waals surface area contributed by atoms with Crippen molar-refractivity contribution in [2.75, 3.05) is 0 Å². The van der Waals surface area contributed by atoms with Crippen molar-refractivity contribution in [2.45, 2.75) is 26.1 Å². The molecule has 0 nitrogen and oxygen atoms in total. The molecule has 0 amide bonds. The maximum Gasteiger partial charge on any atom is 0.0932 e. The SMILES string of the molecule is Cc1cc(C)c(C(Cl)c2cccs2)c(C)c1. The van der Waals surface area contributed by atoms with Gasteiger partial charge in [-0.15, -0.1) is 22.9 Å². The Hall–Kier alpha value is -0.790. The van der Waals surface area contributed by atoms with Crippen LogP contribution in [-0.2, 0) is 0 Å². The van der Waals surface area contributed by atoms with E-state index in [1.165, 1.54) is 27.1 Å². The molecule has 2 aromatic rings. The minimum absolute atomic E-state index is 0.0133. The summed E-state index contributed by atoms with van der Waals surface area (Å²) in [5.41, 5.74) is 5.13. The van der Waals surface area contributed by atoms with E-state index in [-0.39, 0.29) is 5.38 Å². The average molecular weight is 251 g/mol. The summed E-state index contributed by atoms with van der Waals surface area (Å²) in [4.78, 5) is 1.22. The fourth-order valence-corrected chi connectivity index (χ4v) is 3.45. The molecule has 0 spiro atoms. The molecular formula is C14H15ClS. The fourth-order valence-electron chi connectivity index (χ4n) is 2.17. The molecule has 0 aliphatic carbocycles. The largest absolute Gasteiger partial charge is 0.147 e. The summed E-state index contributed by atoms with van der Waals surface area (Å²) in [6, 6.07) is 8.55. The van der Waals surface area contributed by atoms with E-state index >= 15 is 0 Å². The van der Waals surface area contributed by atoms with E-state index in [1.54, 1.807) is 11.3 Å². The van der Waals surface area contributed by atoms with Gasteiger partial charge in [-0.3, -0.25) is 0 Å². The molecule has 0 fully saturated rings. The zero-order valence-corrected chi connectivity index (χ0v) is 11.3. The second-order valence-electron chi connectivity index (χ2n) is 4.19. The summed E-state index contributed by atoms with van der Waals surface area (Å²) in [6.45, 7) is 6.40. The zero-order chi connectivity index (χ0) is 11.7. The Morgan fingerprint density at radius 1 is 1.12 bits per heavy atom. The lowest BCUT2D eigenvalue weighted by molar-refractivity contribution is 1.10. The summed E-state index contributed by atoms with van der Waals surface area (Å²) < 4.78 is 0. The number of rotatable bonds is 2. The van der Waals surface area contributed by atoms with Crippen molar-refractivity contribution in [3.05, 3.63) is 56.8 Å². The number of aryl methyl sites for hydroxylation is 3.